The zero-order valence-electron chi connectivity index (χ0n) is 13.1. The summed E-state index contributed by atoms with van der Waals surface area (Å²) in [5, 5.41) is 5.99. The van der Waals surface area contributed by atoms with Crippen LogP contribution >= 0.6 is 0 Å². The predicted octanol–water partition coefficient (Wildman–Crippen LogP) is 2.29. The molecule has 0 aliphatic rings. The van der Waals surface area contributed by atoms with Crippen molar-refractivity contribution in [2.24, 2.45) is 0 Å². The van der Waals surface area contributed by atoms with Crippen LogP contribution in [-0.4, -0.2) is 26.1 Å². The van der Waals surface area contributed by atoms with Crippen LogP contribution in [0.4, 0.5) is 10.5 Å². The molecule has 8 heteroatoms. The van der Waals surface area contributed by atoms with Crippen molar-refractivity contribution < 1.29 is 13.2 Å². The number of rotatable bonds is 5. The maximum absolute atomic E-state index is 12.0. The molecule has 0 saturated carbocycles. The molecule has 7 nitrogen and oxygen atoms in total. The molecule has 0 unspecified atom stereocenters. The first kappa shape index (κ1) is 16.9. The summed E-state index contributed by atoms with van der Waals surface area (Å²) in [4.78, 5) is 16.2. The lowest BCUT2D eigenvalue weighted by molar-refractivity contribution is 0.252. The van der Waals surface area contributed by atoms with Gasteiger partial charge in [0.1, 0.15) is 0 Å². The van der Waals surface area contributed by atoms with Crippen LogP contribution in [0.1, 0.15) is 0 Å². The van der Waals surface area contributed by atoms with Crippen molar-refractivity contribution in [2.75, 3.05) is 12.0 Å². The SMILES string of the molecule is O=C(NCNS(=O)(=O)c1ccccc1)Nc1ccc2ncccc2c1. The van der Waals surface area contributed by atoms with Gasteiger partial charge in [-0.2, -0.15) is 4.72 Å². The van der Waals surface area contributed by atoms with E-state index in [9.17, 15) is 13.2 Å². The minimum atomic E-state index is -3.66. The van der Waals surface area contributed by atoms with Crippen molar-refractivity contribution in [2.45, 2.75) is 4.90 Å². The number of fused-ring (bicyclic) bond motifs is 1. The van der Waals surface area contributed by atoms with Crippen molar-refractivity contribution in [3.8, 4) is 0 Å². The molecule has 0 fully saturated rings. The number of amides is 2. The summed E-state index contributed by atoms with van der Waals surface area (Å²) in [5.41, 5.74) is 1.41. The van der Waals surface area contributed by atoms with E-state index in [0.29, 0.717) is 5.69 Å². The summed E-state index contributed by atoms with van der Waals surface area (Å²) in [5.74, 6) is 0. The van der Waals surface area contributed by atoms with Gasteiger partial charge in [-0.3, -0.25) is 4.98 Å². The van der Waals surface area contributed by atoms with Crippen molar-refractivity contribution in [1.29, 1.82) is 0 Å². The summed E-state index contributed by atoms with van der Waals surface area (Å²) in [6.45, 7) is -0.224. The molecule has 0 saturated heterocycles. The first-order valence-electron chi connectivity index (χ1n) is 7.49. The minimum absolute atomic E-state index is 0.138. The van der Waals surface area contributed by atoms with Gasteiger partial charge in [-0.05, 0) is 36.4 Å². The third-order valence-electron chi connectivity index (χ3n) is 3.43. The largest absolute Gasteiger partial charge is 0.324 e. The standard InChI is InChI=1S/C17H16N4O3S/c22-17(19-12-20-25(23,24)15-6-2-1-3-7-15)21-14-8-9-16-13(11-14)5-4-10-18-16/h1-11,20H,12H2,(H2,19,21,22). The number of sulfonamides is 1. The molecule has 0 atom stereocenters. The topological polar surface area (TPSA) is 100 Å². The molecule has 3 N–H and O–H groups in total. The van der Waals surface area contributed by atoms with Crippen LogP contribution in [0.25, 0.3) is 10.9 Å². The Labute approximate surface area is 145 Å². The summed E-state index contributed by atoms with van der Waals surface area (Å²) in [7, 11) is -3.66. The third-order valence-corrected chi connectivity index (χ3v) is 4.84. The van der Waals surface area contributed by atoms with E-state index < -0.39 is 16.1 Å². The summed E-state index contributed by atoms with van der Waals surface area (Å²) >= 11 is 0. The van der Waals surface area contributed by atoms with E-state index in [4.69, 9.17) is 0 Å². The number of carbonyl (C=O) groups is 1. The number of aromatic nitrogens is 1. The lowest BCUT2D eigenvalue weighted by Crippen LogP contribution is -2.39. The van der Waals surface area contributed by atoms with Crippen LogP contribution in [0.2, 0.25) is 0 Å². The van der Waals surface area contributed by atoms with Gasteiger partial charge in [0.25, 0.3) is 0 Å². The fourth-order valence-corrected chi connectivity index (χ4v) is 3.17. The lowest BCUT2D eigenvalue weighted by atomic mass is 10.2. The van der Waals surface area contributed by atoms with Gasteiger partial charge in [-0.25, -0.2) is 13.2 Å². The van der Waals surface area contributed by atoms with Crippen LogP contribution in [-0.2, 0) is 10.0 Å². The number of pyridine rings is 1. The van der Waals surface area contributed by atoms with Crippen LogP contribution in [0.5, 0.6) is 0 Å². The molecule has 1 heterocycles. The molecule has 0 bridgehead atoms. The Kier molecular flexibility index (Phi) is 4.92. The summed E-state index contributed by atoms with van der Waals surface area (Å²) in [6, 6.07) is 16.4. The molecule has 0 aliphatic carbocycles. The molecular formula is C17H16N4O3S. The summed E-state index contributed by atoms with van der Waals surface area (Å²) < 4.78 is 26.4. The van der Waals surface area contributed by atoms with Crippen molar-refractivity contribution in [1.82, 2.24) is 15.0 Å². The molecule has 128 valence electrons. The maximum Gasteiger partial charge on any atom is 0.320 e. The molecule has 0 spiro atoms. The lowest BCUT2D eigenvalue weighted by Gasteiger charge is -2.10. The number of nitrogens with one attached hydrogen (secondary N) is 3. The van der Waals surface area contributed by atoms with E-state index in [0.717, 1.165) is 10.9 Å². The van der Waals surface area contributed by atoms with E-state index in [1.165, 1.54) is 12.1 Å². The van der Waals surface area contributed by atoms with Crippen LogP contribution in [0.3, 0.4) is 0 Å². The molecular weight excluding hydrogens is 340 g/mol. The van der Waals surface area contributed by atoms with Gasteiger partial charge in [0.05, 0.1) is 17.1 Å². The monoisotopic (exact) mass is 356 g/mol. The highest BCUT2D eigenvalue weighted by Gasteiger charge is 2.12. The zero-order valence-corrected chi connectivity index (χ0v) is 14.0. The van der Waals surface area contributed by atoms with Gasteiger partial charge in [0.15, 0.2) is 0 Å². The van der Waals surface area contributed by atoms with Gasteiger partial charge in [0.2, 0.25) is 10.0 Å². The molecule has 1 aromatic heterocycles. The average Bonchev–Trinajstić information content (AvgIpc) is 2.62. The third kappa shape index (κ3) is 4.31. The van der Waals surface area contributed by atoms with Gasteiger partial charge >= 0.3 is 6.03 Å². The van der Waals surface area contributed by atoms with Gasteiger partial charge < -0.3 is 10.6 Å². The predicted molar refractivity (Wildman–Crippen MR) is 95.5 cm³/mol. The van der Waals surface area contributed by atoms with E-state index >= 15 is 0 Å². The molecule has 2 amide bonds. The first-order valence-corrected chi connectivity index (χ1v) is 8.97. The van der Waals surface area contributed by atoms with Crippen molar-refractivity contribution in [3.63, 3.8) is 0 Å². The van der Waals surface area contributed by atoms with Gasteiger partial charge in [-0.1, -0.05) is 24.3 Å². The fourth-order valence-electron chi connectivity index (χ4n) is 2.22. The van der Waals surface area contributed by atoms with Gasteiger partial charge in [0, 0.05) is 17.3 Å². The second kappa shape index (κ2) is 7.29. The quantitative estimate of drug-likeness (QED) is 0.611. The Morgan fingerprint density at radius 3 is 2.60 bits per heavy atom. The highest BCUT2D eigenvalue weighted by molar-refractivity contribution is 7.89. The van der Waals surface area contributed by atoms with E-state index in [1.807, 2.05) is 12.1 Å². The Morgan fingerprint density at radius 1 is 1.00 bits per heavy atom. The molecule has 25 heavy (non-hydrogen) atoms. The maximum atomic E-state index is 12.0. The van der Waals surface area contributed by atoms with E-state index in [-0.39, 0.29) is 11.6 Å². The first-order chi connectivity index (χ1) is 12.0. The molecule has 3 rings (SSSR count). The van der Waals surface area contributed by atoms with Crippen LogP contribution < -0.4 is 15.4 Å². The average molecular weight is 356 g/mol. The van der Waals surface area contributed by atoms with Crippen molar-refractivity contribution in [3.05, 3.63) is 66.9 Å². The molecule has 2 aromatic carbocycles. The Balaban J connectivity index is 1.55. The Hall–Kier alpha value is -2.97. The number of hydrogen-bond acceptors (Lipinski definition) is 4. The fraction of sp³-hybridized carbons (Fsp3) is 0.0588. The van der Waals surface area contributed by atoms with Crippen LogP contribution in [0.15, 0.2) is 71.8 Å². The van der Waals surface area contributed by atoms with Crippen molar-refractivity contribution >= 4 is 32.6 Å². The number of anilines is 1. The second-order valence-electron chi connectivity index (χ2n) is 5.18. The number of nitrogens with zero attached hydrogens (tertiary/aromatic N) is 1. The van der Waals surface area contributed by atoms with E-state index in [1.54, 1.807) is 42.6 Å². The smallest absolute Gasteiger partial charge is 0.320 e. The van der Waals surface area contributed by atoms with Gasteiger partial charge in [-0.15, -0.1) is 0 Å². The number of benzene rings is 2. The molecule has 3 aromatic rings. The Bertz CT molecular complexity index is 991. The molecule has 0 radical (unpaired) electrons. The number of urea groups is 1. The number of carbonyl (C=O) groups excluding carboxylic acids is 1. The van der Waals surface area contributed by atoms with E-state index in [2.05, 4.69) is 20.3 Å². The second-order valence-corrected chi connectivity index (χ2v) is 6.95. The highest BCUT2D eigenvalue weighted by atomic mass is 32.2. The Morgan fingerprint density at radius 2 is 1.80 bits per heavy atom. The highest BCUT2D eigenvalue weighted by Crippen LogP contribution is 2.16. The summed E-state index contributed by atoms with van der Waals surface area (Å²) in [6.07, 6.45) is 1.70. The zero-order chi connectivity index (χ0) is 17.7. The normalized spacial score (nSPS) is 11.2. The number of hydrogen-bond donors (Lipinski definition) is 3. The van der Waals surface area contributed by atoms with Crippen LogP contribution in [0, 0.1) is 0 Å². The minimum Gasteiger partial charge on any atom is -0.324 e. The molecule has 0 aliphatic heterocycles.